The van der Waals surface area contributed by atoms with Crippen LogP contribution in [-0.2, 0) is 0 Å². The lowest BCUT2D eigenvalue weighted by molar-refractivity contribution is 0.0608. The number of benzene rings is 3. The largest absolute Gasteiger partial charge is 0.493 e. The van der Waals surface area contributed by atoms with Crippen LogP contribution in [-0.4, -0.2) is 37.5 Å². The fraction of sp³-hybridized carbons (Fsp3) is 0.231. The van der Waals surface area contributed by atoms with Crippen LogP contribution in [0.2, 0.25) is 0 Å². The Bertz CT molecular complexity index is 1170. The molecular formula is C26H25NO4. The molecule has 5 nitrogen and oxygen atoms in total. The number of ether oxygens (including phenoxy) is 2. The molecule has 5 heteroatoms. The number of unbranched alkanes of at least 4 members (excludes halogenated alkanes) is 1. The molecule has 0 saturated heterocycles. The summed E-state index contributed by atoms with van der Waals surface area (Å²) in [5.41, 5.74) is 3.07. The molecule has 0 unspecified atom stereocenters. The smallest absolute Gasteiger partial charge is 0.261 e. The molecule has 3 aromatic carbocycles. The molecular weight excluding hydrogens is 390 g/mol. The fourth-order valence-electron chi connectivity index (χ4n) is 3.98. The van der Waals surface area contributed by atoms with E-state index < -0.39 is 0 Å². The molecule has 2 amide bonds. The highest BCUT2D eigenvalue weighted by molar-refractivity contribution is 6.26. The van der Waals surface area contributed by atoms with Crippen molar-refractivity contribution < 1.29 is 19.1 Å². The maximum atomic E-state index is 13.0. The summed E-state index contributed by atoms with van der Waals surface area (Å²) in [7, 11) is 3.21. The average Bonchev–Trinajstić information content (AvgIpc) is 2.81. The molecule has 3 aromatic rings. The van der Waals surface area contributed by atoms with Crippen LogP contribution in [0.15, 0.2) is 48.5 Å². The van der Waals surface area contributed by atoms with Gasteiger partial charge in [0.25, 0.3) is 11.8 Å². The van der Waals surface area contributed by atoms with Crippen molar-refractivity contribution in [2.24, 2.45) is 0 Å². The quantitative estimate of drug-likeness (QED) is 0.382. The van der Waals surface area contributed by atoms with Gasteiger partial charge in [0.1, 0.15) is 0 Å². The number of carbonyl (C=O) groups is 2. The fourth-order valence-corrected chi connectivity index (χ4v) is 3.98. The Morgan fingerprint density at radius 2 is 1.61 bits per heavy atom. The van der Waals surface area contributed by atoms with E-state index in [4.69, 9.17) is 9.47 Å². The molecule has 1 aliphatic heterocycles. The zero-order chi connectivity index (χ0) is 22.0. The Morgan fingerprint density at radius 3 is 2.32 bits per heavy atom. The maximum Gasteiger partial charge on any atom is 0.261 e. The summed E-state index contributed by atoms with van der Waals surface area (Å²) in [6, 6.07) is 15.1. The summed E-state index contributed by atoms with van der Waals surface area (Å²) < 4.78 is 10.7. The third-order valence-corrected chi connectivity index (χ3v) is 5.62. The van der Waals surface area contributed by atoms with Gasteiger partial charge in [0.2, 0.25) is 0 Å². The van der Waals surface area contributed by atoms with Crippen molar-refractivity contribution in [1.29, 1.82) is 0 Å². The zero-order valence-corrected chi connectivity index (χ0v) is 18.0. The van der Waals surface area contributed by atoms with Gasteiger partial charge in [-0.2, -0.15) is 0 Å². The van der Waals surface area contributed by atoms with Crippen molar-refractivity contribution in [2.45, 2.75) is 19.8 Å². The van der Waals surface area contributed by atoms with E-state index in [-0.39, 0.29) is 11.8 Å². The number of carbonyl (C=O) groups excluding carboxylic acids is 2. The highest BCUT2D eigenvalue weighted by Gasteiger charge is 2.32. The van der Waals surface area contributed by atoms with Crippen molar-refractivity contribution in [3.63, 3.8) is 0 Å². The number of hydrogen-bond acceptors (Lipinski definition) is 4. The number of rotatable bonds is 7. The summed E-state index contributed by atoms with van der Waals surface area (Å²) in [6.45, 7) is 2.50. The van der Waals surface area contributed by atoms with E-state index in [1.807, 2.05) is 61.5 Å². The van der Waals surface area contributed by atoms with Gasteiger partial charge in [0, 0.05) is 23.1 Å². The third kappa shape index (κ3) is 3.67. The molecule has 4 rings (SSSR count). The van der Waals surface area contributed by atoms with Crippen LogP contribution >= 0.6 is 0 Å². The molecule has 1 heterocycles. The Kier molecular flexibility index (Phi) is 5.76. The highest BCUT2D eigenvalue weighted by Crippen LogP contribution is 2.33. The van der Waals surface area contributed by atoms with Gasteiger partial charge in [0.15, 0.2) is 11.5 Å². The Labute approximate surface area is 181 Å². The first-order valence-electron chi connectivity index (χ1n) is 10.4. The van der Waals surface area contributed by atoms with E-state index in [1.54, 1.807) is 20.3 Å². The van der Waals surface area contributed by atoms with E-state index in [0.29, 0.717) is 29.2 Å². The normalized spacial score (nSPS) is 13.3. The first-order valence-corrected chi connectivity index (χ1v) is 10.4. The second-order valence-electron chi connectivity index (χ2n) is 7.49. The van der Waals surface area contributed by atoms with Gasteiger partial charge in [-0.25, -0.2) is 0 Å². The summed E-state index contributed by atoms with van der Waals surface area (Å²) in [4.78, 5) is 27.4. The van der Waals surface area contributed by atoms with E-state index >= 15 is 0 Å². The molecule has 0 aliphatic carbocycles. The minimum Gasteiger partial charge on any atom is -0.493 e. The molecule has 0 saturated carbocycles. The summed E-state index contributed by atoms with van der Waals surface area (Å²) >= 11 is 0. The molecule has 0 aromatic heterocycles. The van der Waals surface area contributed by atoms with Crippen LogP contribution in [0.5, 0.6) is 11.5 Å². The van der Waals surface area contributed by atoms with E-state index in [1.165, 1.54) is 4.90 Å². The van der Waals surface area contributed by atoms with Gasteiger partial charge in [-0.05, 0) is 47.2 Å². The predicted octanol–water partition coefficient (Wildman–Crippen LogP) is 5.42. The topological polar surface area (TPSA) is 55.8 Å². The summed E-state index contributed by atoms with van der Waals surface area (Å²) in [5.74, 6) is 0.908. The molecule has 1 aliphatic rings. The number of hydrogen-bond donors (Lipinski definition) is 0. The van der Waals surface area contributed by atoms with Crippen molar-refractivity contribution >= 4 is 34.7 Å². The minimum atomic E-state index is -0.211. The van der Waals surface area contributed by atoms with Gasteiger partial charge in [0.05, 0.1) is 14.2 Å². The van der Waals surface area contributed by atoms with E-state index in [9.17, 15) is 9.59 Å². The predicted molar refractivity (Wildman–Crippen MR) is 123 cm³/mol. The number of methoxy groups -OCH3 is 2. The summed E-state index contributed by atoms with van der Waals surface area (Å²) in [5, 5.41) is 1.63. The van der Waals surface area contributed by atoms with Gasteiger partial charge in [-0.15, -0.1) is 0 Å². The highest BCUT2D eigenvalue weighted by atomic mass is 16.5. The first kappa shape index (κ1) is 20.7. The Morgan fingerprint density at radius 1 is 0.871 bits per heavy atom. The van der Waals surface area contributed by atoms with E-state index in [2.05, 4.69) is 0 Å². The van der Waals surface area contributed by atoms with Crippen LogP contribution in [0.1, 0.15) is 51.6 Å². The molecule has 158 valence electrons. The van der Waals surface area contributed by atoms with Crippen molar-refractivity contribution in [2.75, 3.05) is 20.8 Å². The van der Waals surface area contributed by atoms with Gasteiger partial charge in [-0.3, -0.25) is 14.5 Å². The SMILES string of the molecule is CCCCN1C(=O)c2cccc3c(/C=C/c4ccc(OC)c(OC)c4)ccc(c23)C1=O. The lowest BCUT2D eigenvalue weighted by Gasteiger charge is -2.27. The lowest BCUT2D eigenvalue weighted by atomic mass is 9.91. The van der Waals surface area contributed by atoms with Crippen LogP contribution in [0.25, 0.3) is 22.9 Å². The molecule has 0 radical (unpaired) electrons. The van der Waals surface area contributed by atoms with Crippen LogP contribution in [0.3, 0.4) is 0 Å². The second kappa shape index (κ2) is 8.64. The lowest BCUT2D eigenvalue weighted by Crippen LogP contribution is -2.40. The number of imide groups is 1. The molecule has 0 atom stereocenters. The van der Waals surface area contributed by atoms with Crippen LogP contribution in [0, 0.1) is 0 Å². The Hall–Kier alpha value is -3.60. The van der Waals surface area contributed by atoms with Crippen molar-refractivity contribution in [3.05, 3.63) is 70.8 Å². The van der Waals surface area contributed by atoms with Crippen molar-refractivity contribution in [1.82, 2.24) is 4.90 Å². The van der Waals surface area contributed by atoms with Crippen LogP contribution < -0.4 is 9.47 Å². The zero-order valence-electron chi connectivity index (χ0n) is 18.0. The molecule has 31 heavy (non-hydrogen) atoms. The molecule has 0 spiro atoms. The number of nitrogens with zero attached hydrogens (tertiary/aromatic N) is 1. The summed E-state index contributed by atoms with van der Waals surface area (Å²) in [6.07, 6.45) is 5.69. The first-order chi connectivity index (χ1) is 15.1. The number of amides is 2. The average molecular weight is 415 g/mol. The minimum absolute atomic E-state index is 0.211. The van der Waals surface area contributed by atoms with E-state index in [0.717, 1.165) is 34.7 Å². The van der Waals surface area contributed by atoms with Crippen LogP contribution in [0.4, 0.5) is 0 Å². The van der Waals surface area contributed by atoms with Gasteiger partial charge >= 0.3 is 0 Å². The Balaban J connectivity index is 1.75. The standard InChI is InChI=1S/C26H25NO4/c1-4-5-15-27-25(28)20-8-6-7-19-18(12-13-21(24(19)20)26(27)29)11-9-17-10-14-22(30-2)23(16-17)31-3/h6-14,16H,4-5,15H2,1-3H3/b11-9+. The van der Waals surface area contributed by atoms with Gasteiger partial charge < -0.3 is 9.47 Å². The maximum absolute atomic E-state index is 13.0. The monoisotopic (exact) mass is 415 g/mol. The van der Waals surface area contributed by atoms with Gasteiger partial charge in [-0.1, -0.05) is 49.8 Å². The second-order valence-corrected chi connectivity index (χ2v) is 7.49. The molecule has 0 fully saturated rings. The third-order valence-electron chi connectivity index (χ3n) is 5.62. The van der Waals surface area contributed by atoms with Crippen molar-refractivity contribution in [3.8, 4) is 11.5 Å². The molecule has 0 N–H and O–H groups in total. The molecule has 0 bridgehead atoms.